The van der Waals surface area contributed by atoms with Gasteiger partial charge in [-0.1, -0.05) is 36.4 Å². The quantitative estimate of drug-likeness (QED) is 0.764. The van der Waals surface area contributed by atoms with Crippen molar-refractivity contribution in [3.63, 3.8) is 0 Å². The van der Waals surface area contributed by atoms with Crippen LogP contribution >= 0.6 is 0 Å². The molecule has 2 aromatic carbocycles. The number of amides is 1. The van der Waals surface area contributed by atoms with Gasteiger partial charge in [0.25, 0.3) is 5.91 Å². The van der Waals surface area contributed by atoms with Crippen LogP contribution in [0.25, 0.3) is 10.8 Å². The molecule has 0 fully saturated rings. The van der Waals surface area contributed by atoms with Gasteiger partial charge in [-0.3, -0.25) is 4.79 Å². The fourth-order valence-corrected chi connectivity index (χ4v) is 3.46. The molecule has 8 heteroatoms. The molecule has 1 atom stereocenters. The Bertz CT molecular complexity index is 991. The number of carbonyl (C=O) groups is 1. The van der Waals surface area contributed by atoms with Crippen LogP contribution in [0.15, 0.2) is 42.5 Å². The van der Waals surface area contributed by atoms with Gasteiger partial charge >= 0.3 is 6.18 Å². The summed E-state index contributed by atoms with van der Waals surface area (Å²) < 4.78 is 40.6. The monoisotopic (exact) mass is 374 g/mol. The minimum Gasteiger partial charge on any atom is -0.345 e. The molecular weight excluding hydrogens is 357 g/mol. The molecule has 0 saturated carbocycles. The van der Waals surface area contributed by atoms with Crippen LogP contribution in [-0.4, -0.2) is 26.8 Å². The van der Waals surface area contributed by atoms with E-state index in [0.29, 0.717) is 17.2 Å². The maximum Gasteiger partial charge on any atom is 0.393 e. The van der Waals surface area contributed by atoms with E-state index in [2.05, 4.69) is 15.5 Å². The number of halogens is 3. The van der Waals surface area contributed by atoms with Crippen molar-refractivity contribution in [1.29, 1.82) is 0 Å². The molecule has 1 aliphatic heterocycles. The Balaban J connectivity index is 1.52. The van der Waals surface area contributed by atoms with Crippen LogP contribution < -0.4 is 5.32 Å². The van der Waals surface area contributed by atoms with E-state index >= 15 is 0 Å². The molecule has 1 N–H and O–H groups in total. The number of aryl methyl sites for hydroxylation is 1. The van der Waals surface area contributed by atoms with Crippen molar-refractivity contribution < 1.29 is 18.0 Å². The van der Waals surface area contributed by atoms with Crippen molar-refractivity contribution in [2.75, 3.05) is 0 Å². The first-order valence-electron chi connectivity index (χ1n) is 8.67. The van der Waals surface area contributed by atoms with Crippen LogP contribution in [0.1, 0.15) is 28.4 Å². The molecule has 0 bridgehead atoms. The normalized spacial score (nSPS) is 16.9. The van der Waals surface area contributed by atoms with Gasteiger partial charge in [-0.25, -0.2) is 0 Å². The van der Waals surface area contributed by atoms with E-state index < -0.39 is 12.1 Å². The molecule has 5 nitrogen and oxygen atoms in total. The van der Waals surface area contributed by atoms with Crippen molar-refractivity contribution in [1.82, 2.24) is 20.1 Å². The lowest BCUT2D eigenvalue weighted by Gasteiger charge is -2.26. The number of hydrogen-bond acceptors (Lipinski definition) is 3. The molecule has 4 rings (SSSR count). The smallest absolute Gasteiger partial charge is 0.345 e. The number of nitrogens with zero attached hydrogens (tertiary/aromatic N) is 3. The lowest BCUT2D eigenvalue weighted by molar-refractivity contribution is -0.182. The highest BCUT2D eigenvalue weighted by Crippen LogP contribution is 2.34. The Hall–Kier alpha value is -2.90. The summed E-state index contributed by atoms with van der Waals surface area (Å²) in [6.45, 7) is -0.176. The largest absolute Gasteiger partial charge is 0.393 e. The van der Waals surface area contributed by atoms with Crippen LogP contribution in [0.2, 0.25) is 0 Å². The Morgan fingerprint density at radius 1 is 1.15 bits per heavy atom. The van der Waals surface area contributed by atoms with Gasteiger partial charge < -0.3 is 9.88 Å². The number of nitrogens with one attached hydrogen (secondary N) is 1. The molecule has 0 aliphatic carbocycles. The summed E-state index contributed by atoms with van der Waals surface area (Å²) in [4.78, 5) is 12.6. The first kappa shape index (κ1) is 17.5. The van der Waals surface area contributed by atoms with E-state index in [9.17, 15) is 18.0 Å². The molecule has 1 aliphatic rings. The third kappa shape index (κ3) is 3.39. The van der Waals surface area contributed by atoms with Crippen LogP contribution in [0.5, 0.6) is 0 Å². The van der Waals surface area contributed by atoms with Crippen molar-refractivity contribution in [3.8, 4) is 0 Å². The van der Waals surface area contributed by atoms with Crippen molar-refractivity contribution in [2.24, 2.45) is 5.92 Å². The van der Waals surface area contributed by atoms with Crippen molar-refractivity contribution >= 4 is 16.7 Å². The molecule has 0 unspecified atom stereocenters. The topological polar surface area (TPSA) is 59.8 Å². The molecule has 140 valence electrons. The van der Waals surface area contributed by atoms with E-state index in [-0.39, 0.29) is 31.8 Å². The van der Waals surface area contributed by atoms with Gasteiger partial charge in [0, 0.05) is 18.5 Å². The Morgan fingerprint density at radius 2 is 1.93 bits per heavy atom. The Morgan fingerprint density at radius 3 is 2.74 bits per heavy atom. The van der Waals surface area contributed by atoms with Crippen LogP contribution in [-0.2, 0) is 19.5 Å². The van der Waals surface area contributed by atoms with Gasteiger partial charge in [-0.15, -0.1) is 10.2 Å². The molecule has 27 heavy (non-hydrogen) atoms. The first-order chi connectivity index (χ1) is 12.9. The zero-order valence-electron chi connectivity index (χ0n) is 14.3. The van der Waals surface area contributed by atoms with Crippen LogP contribution in [0.3, 0.4) is 0 Å². The standard InChI is InChI=1S/C19H17F3N4O/c20-19(21,22)13-8-9-16-24-25-17(26(16)11-13)10-23-18(27)15-7-3-5-12-4-1-2-6-14(12)15/h1-7,13H,8-11H2,(H,23,27)/t13-/m0/s1. The Kier molecular flexibility index (Phi) is 4.33. The molecule has 0 spiro atoms. The first-order valence-corrected chi connectivity index (χ1v) is 8.67. The third-order valence-corrected chi connectivity index (χ3v) is 4.93. The summed E-state index contributed by atoms with van der Waals surface area (Å²) >= 11 is 0. The van der Waals surface area contributed by atoms with Gasteiger partial charge in [0.15, 0.2) is 5.82 Å². The summed E-state index contributed by atoms with van der Waals surface area (Å²) in [5.41, 5.74) is 0.514. The molecule has 3 aromatic rings. The number of alkyl halides is 3. The fourth-order valence-electron chi connectivity index (χ4n) is 3.46. The summed E-state index contributed by atoms with van der Waals surface area (Å²) in [6.07, 6.45) is -4.00. The van der Waals surface area contributed by atoms with Gasteiger partial charge in [0.1, 0.15) is 5.82 Å². The Labute approximate surface area is 153 Å². The number of hydrogen-bond donors (Lipinski definition) is 1. The number of carbonyl (C=O) groups excluding carboxylic acids is 1. The molecule has 0 saturated heterocycles. The zero-order valence-corrected chi connectivity index (χ0v) is 14.3. The minimum absolute atomic E-state index is 0.0179. The number of rotatable bonds is 3. The van der Waals surface area contributed by atoms with E-state index in [0.717, 1.165) is 10.8 Å². The SMILES string of the molecule is O=C(NCc1nnc2n1C[C@@H](C(F)(F)F)CC2)c1cccc2ccccc12. The average molecular weight is 374 g/mol. The van der Waals surface area contributed by atoms with Crippen molar-refractivity contribution in [3.05, 3.63) is 59.7 Å². The number of fused-ring (bicyclic) bond motifs is 2. The lowest BCUT2D eigenvalue weighted by Crippen LogP contribution is -2.34. The van der Waals surface area contributed by atoms with Crippen molar-refractivity contribution in [2.45, 2.75) is 32.1 Å². The van der Waals surface area contributed by atoms with E-state index in [1.165, 1.54) is 4.57 Å². The molecule has 1 amide bonds. The summed E-state index contributed by atoms with van der Waals surface area (Å²) in [6, 6.07) is 12.9. The second kappa shape index (κ2) is 6.68. The van der Waals surface area contributed by atoms with Crippen LogP contribution in [0.4, 0.5) is 13.2 Å². The van der Waals surface area contributed by atoms with Gasteiger partial charge in [-0.05, 0) is 23.3 Å². The zero-order chi connectivity index (χ0) is 19.0. The second-order valence-corrected chi connectivity index (χ2v) is 6.63. The van der Waals surface area contributed by atoms with E-state index in [1.54, 1.807) is 12.1 Å². The molecular formula is C19H17F3N4O. The predicted molar refractivity (Wildman–Crippen MR) is 93.0 cm³/mol. The van der Waals surface area contributed by atoms with Crippen LogP contribution in [0, 0.1) is 5.92 Å². The lowest BCUT2D eigenvalue weighted by atomic mass is 9.99. The predicted octanol–water partition coefficient (Wildman–Crippen LogP) is 3.49. The number of aromatic nitrogens is 3. The van der Waals surface area contributed by atoms with Gasteiger partial charge in [0.2, 0.25) is 0 Å². The molecule has 1 aromatic heterocycles. The molecule has 2 heterocycles. The summed E-state index contributed by atoms with van der Waals surface area (Å²) in [5.74, 6) is -0.835. The highest BCUT2D eigenvalue weighted by Gasteiger charge is 2.42. The highest BCUT2D eigenvalue weighted by molar-refractivity contribution is 6.06. The second-order valence-electron chi connectivity index (χ2n) is 6.63. The molecule has 0 radical (unpaired) electrons. The van der Waals surface area contributed by atoms with Gasteiger partial charge in [0.05, 0.1) is 12.5 Å². The highest BCUT2D eigenvalue weighted by atomic mass is 19.4. The number of benzene rings is 2. The summed E-state index contributed by atoms with van der Waals surface area (Å²) in [7, 11) is 0. The average Bonchev–Trinajstić information content (AvgIpc) is 3.07. The van der Waals surface area contributed by atoms with E-state index in [4.69, 9.17) is 0 Å². The maximum atomic E-state index is 13.0. The maximum absolute atomic E-state index is 13.0. The summed E-state index contributed by atoms with van der Waals surface area (Å²) in [5, 5.41) is 12.5. The van der Waals surface area contributed by atoms with E-state index in [1.807, 2.05) is 30.3 Å². The fraction of sp³-hybridized carbons (Fsp3) is 0.316. The minimum atomic E-state index is -4.24. The third-order valence-electron chi connectivity index (χ3n) is 4.93. The van der Waals surface area contributed by atoms with Gasteiger partial charge in [-0.2, -0.15) is 13.2 Å².